The fourth-order valence-corrected chi connectivity index (χ4v) is 4.43. The zero-order valence-electron chi connectivity index (χ0n) is 17.9. The molecule has 1 heterocycles. The summed E-state index contributed by atoms with van der Waals surface area (Å²) in [5, 5.41) is 0.234. The molecule has 0 bridgehead atoms. The van der Waals surface area contributed by atoms with Crippen LogP contribution >= 0.6 is 0 Å². The maximum absolute atomic E-state index is 10.9. The number of nitrogens with two attached hydrogens (primary N) is 1. The number of rotatable bonds is 8. The summed E-state index contributed by atoms with van der Waals surface area (Å²) in [6, 6.07) is 8.82. The molecule has 1 aromatic carbocycles. The van der Waals surface area contributed by atoms with Crippen LogP contribution in [0.4, 0.5) is 0 Å². The first-order chi connectivity index (χ1) is 12.6. The zero-order chi connectivity index (χ0) is 20.1. The van der Waals surface area contributed by atoms with Crippen molar-refractivity contribution < 1.29 is 9.22 Å². The lowest BCUT2D eigenvalue weighted by Gasteiger charge is -2.37. The molecule has 1 aliphatic rings. The predicted octanol–water partition coefficient (Wildman–Crippen LogP) is 4.65. The van der Waals surface area contributed by atoms with E-state index >= 15 is 0 Å². The van der Waals surface area contributed by atoms with Gasteiger partial charge in [0, 0.05) is 6.42 Å². The van der Waals surface area contributed by atoms with E-state index in [2.05, 4.69) is 63.0 Å². The van der Waals surface area contributed by atoms with E-state index in [0.29, 0.717) is 12.3 Å². The van der Waals surface area contributed by atoms with Crippen molar-refractivity contribution in [3.05, 3.63) is 35.4 Å². The molecule has 0 spiro atoms. The molecule has 0 aromatic heterocycles. The van der Waals surface area contributed by atoms with Crippen molar-refractivity contribution in [3.8, 4) is 0 Å². The van der Waals surface area contributed by atoms with Crippen LogP contribution in [0.1, 0.15) is 63.5 Å². The molecule has 1 aliphatic heterocycles. The Kier molecular flexibility index (Phi) is 7.66. The first kappa shape index (κ1) is 22.1. The van der Waals surface area contributed by atoms with Crippen molar-refractivity contribution >= 4 is 14.2 Å². The standard InChI is InChI=1S/C22H38N2O2Si/c1-22(2,3)27(4,5)26-17-19-9-6-7-10-20(19)18-12-15-24(16-13-18)14-8-11-21(23)25/h6-7,9-10,18H,8,11-17H2,1-5H3,(H2,23,25). The van der Waals surface area contributed by atoms with Gasteiger partial charge in [0.2, 0.25) is 5.91 Å². The van der Waals surface area contributed by atoms with E-state index in [1.807, 2.05) is 0 Å². The van der Waals surface area contributed by atoms with Gasteiger partial charge in [-0.3, -0.25) is 4.79 Å². The summed E-state index contributed by atoms with van der Waals surface area (Å²) in [5.74, 6) is 0.414. The number of benzene rings is 1. The van der Waals surface area contributed by atoms with E-state index in [-0.39, 0.29) is 10.9 Å². The van der Waals surface area contributed by atoms with Gasteiger partial charge in [0.05, 0.1) is 6.61 Å². The minimum atomic E-state index is -1.74. The molecule has 1 aromatic rings. The number of nitrogens with zero attached hydrogens (tertiary/aromatic N) is 1. The Hall–Kier alpha value is -1.17. The van der Waals surface area contributed by atoms with Gasteiger partial charge in [-0.25, -0.2) is 0 Å². The van der Waals surface area contributed by atoms with E-state index in [0.717, 1.165) is 32.7 Å². The quantitative estimate of drug-likeness (QED) is 0.657. The molecule has 1 saturated heterocycles. The summed E-state index contributed by atoms with van der Waals surface area (Å²) >= 11 is 0. The number of hydrogen-bond donors (Lipinski definition) is 1. The molecule has 27 heavy (non-hydrogen) atoms. The molecular formula is C22H38N2O2Si. The molecule has 2 rings (SSSR count). The summed E-state index contributed by atoms with van der Waals surface area (Å²) in [5.41, 5.74) is 8.06. The van der Waals surface area contributed by atoms with Gasteiger partial charge in [-0.15, -0.1) is 0 Å². The van der Waals surface area contributed by atoms with Crippen LogP contribution in [0.3, 0.4) is 0 Å². The van der Waals surface area contributed by atoms with E-state index in [4.69, 9.17) is 10.2 Å². The predicted molar refractivity (Wildman–Crippen MR) is 115 cm³/mol. The molecule has 0 radical (unpaired) electrons. The van der Waals surface area contributed by atoms with Crippen LogP contribution in [0.15, 0.2) is 24.3 Å². The number of hydrogen-bond acceptors (Lipinski definition) is 3. The third kappa shape index (κ3) is 6.44. The van der Waals surface area contributed by atoms with Gasteiger partial charge in [0.25, 0.3) is 0 Å². The van der Waals surface area contributed by atoms with Crippen LogP contribution in [0.5, 0.6) is 0 Å². The van der Waals surface area contributed by atoms with Crippen molar-refractivity contribution in [2.75, 3.05) is 19.6 Å². The first-order valence-corrected chi connectivity index (χ1v) is 13.2. The average Bonchev–Trinajstić information content (AvgIpc) is 2.60. The van der Waals surface area contributed by atoms with Gasteiger partial charge in [-0.05, 0) is 74.1 Å². The highest BCUT2D eigenvalue weighted by Gasteiger charge is 2.37. The fraction of sp³-hybridized carbons (Fsp3) is 0.682. The lowest BCUT2D eigenvalue weighted by Crippen LogP contribution is -2.40. The molecule has 0 aliphatic carbocycles. The lowest BCUT2D eigenvalue weighted by atomic mass is 9.86. The summed E-state index contributed by atoms with van der Waals surface area (Å²) in [6.07, 6.45) is 3.71. The minimum Gasteiger partial charge on any atom is -0.413 e. The van der Waals surface area contributed by atoms with Crippen LogP contribution in [-0.2, 0) is 15.8 Å². The molecule has 152 valence electrons. The largest absolute Gasteiger partial charge is 0.413 e. The lowest BCUT2D eigenvalue weighted by molar-refractivity contribution is -0.118. The molecule has 1 amide bonds. The molecule has 0 unspecified atom stereocenters. The Balaban J connectivity index is 1.93. The Morgan fingerprint density at radius 2 is 1.85 bits per heavy atom. The molecule has 0 atom stereocenters. The minimum absolute atomic E-state index is 0.194. The van der Waals surface area contributed by atoms with Crippen LogP contribution in [0.25, 0.3) is 0 Å². The number of likely N-dealkylation sites (tertiary alicyclic amines) is 1. The van der Waals surface area contributed by atoms with Crippen molar-refractivity contribution in [1.29, 1.82) is 0 Å². The second-order valence-corrected chi connectivity index (χ2v) is 14.2. The molecule has 1 fully saturated rings. The number of piperidine rings is 1. The first-order valence-electron chi connectivity index (χ1n) is 10.3. The fourth-order valence-electron chi connectivity index (χ4n) is 3.48. The van der Waals surface area contributed by atoms with Crippen molar-refractivity contribution in [1.82, 2.24) is 4.90 Å². The highest BCUT2D eigenvalue weighted by Crippen LogP contribution is 2.38. The van der Waals surface area contributed by atoms with E-state index < -0.39 is 8.32 Å². The third-order valence-corrected chi connectivity index (χ3v) is 10.9. The van der Waals surface area contributed by atoms with Crippen molar-refractivity contribution in [2.24, 2.45) is 5.73 Å². The van der Waals surface area contributed by atoms with E-state index in [9.17, 15) is 4.79 Å². The second-order valence-electron chi connectivity index (χ2n) is 9.43. The van der Waals surface area contributed by atoms with Gasteiger partial charge in [0.1, 0.15) is 0 Å². The monoisotopic (exact) mass is 390 g/mol. The zero-order valence-corrected chi connectivity index (χ0v) is 18.9. The highest BCUT2D eigenvalue weighted by atomic mass is 28.4. The third-order valence-electron chi connectivity index (χ3n) is 6.37. The van der Waals surface area contributed by atoms with Gasteiger partial charge in [0.15, 0.2) is 8.32 Å². The molecule has 2 N–H and O–H groups in total. The van der Waals surface area contributed by atoms with Crippen LogP contribution in [0, 0.1) is 0 Å². The smallest absolute Gasteiger partial charge is 0.217 e. The number of carbonyl (C=O) groups excluding carboxylic acids is 1. The Labute approximate surface area is 166 Å². The molecule has 4 nitrogen and oxygen atoms in total. The number of amides is 1. The summed E-state index contributed by atoms with van der Waals surface area (Å²) < 4.78 is 6.49. The van der Waals surface area contributed by atoms with Gasteiger partial charge < -0.3 is 15.1 Å². The van der Waals surface area contributed by atoms with Gasteiger partial charge >= 0.3 is 0 Å². The summed E-state index contributed by atoms with van der Waals surface area (Å²) in [6.45, 7) is 15.4. The molecule has 0 saturated carbocycles. The maximum Gasteiger partial charge on any atom is 0.217 e. The van der Waals surface area contributed by atoms with E-state index in [1.165, 1.54) is 24.0 Å². The SMILES string of the molecule is CC(C)(C)[Si](C)(C)OCc1ccccc1C1CCN(CCCC(N)=O)CC1. The van der Waals surface area contributed by atoms with Crippen LogP contribution in [-0.4, -0.2) is 38.8 Å². The normalized spacial score (nSPS) is 17.2. The number of primary amides is 1. The van der Waals surface area contributed by atoms with Gasteiger partial charge in [-0.1, -0.05) is 45.0 Å². The molecule has 5 heteroatoms. The molecular weight excluding hydrogens is 352 g/mol. The maximum atomic E-state index is 10.9. The van der Waals surface area contributed by atoms with Crippen LogP contribution in [0.2, 0.25) is 18.1 Å². The topological polar surface area (TPSA) is 55.6 Å². The Bertz CT molecular complexity index is 617. The van der Waals surface area contributed by atoms with Crippen molar-refractivity contribution in [2.45, 2.75) is 77.1 Å². The Morgan fingerprint density at radius 1 is 1.22 bits per heavy atom. The summed E-state index contributed by atoms with van der Waals surface area (Å²) in [7, 11) is -1.74. The average molecular weight is 391 g/mol. The van der Waals surface area contributed by atoms with Gasteiger partial charge in [-0.2, -0.15) is 0 Å². The second kappa shape index (κ2) is 9.35. The van der Waals surface area contributed by atoms with Crippen LogP contribution < -0.4 is 5.73 Å². The number of carbonyl (C=O) groups is 1. The van der Waals surface area contributed by atoms with E-state index in [1.54, 1.807) is 0 Å². The highest BCUT2D eigenvalue weighted by molar-refractivity contribution is 6.74. The van der Waals surface area contributed by atoms with Crippen molar-refractivity contribution in [3.63, 3.8) is 0 Å². The summed E-state index contributed by atoms with van der Waals surface area (Å²) in [4.78, 5) is 13.4. The Morgan fingerprint density at radius 3 is 2.44 bits per heavy atom.